The van der Waals surface area contributed by atoms with Crippen LogP contribution in [0.4, 0.5) is 0 Å². The van der Waals surface area contributed by atoms with Crippen molar-refractivity contribution in [2.24, 2.45) is 5.10 Å². The first-order chi connectivity index (χ1) is 11.3. The summed E-state index contributed by atoms with van der Waals surface area (Å²) in [5.41, 5.74) is 0.426. The summed E-state index contributed by atoms with van der Waals surface area (Å²) >= 11 is 5.14. The van der Waals surface area contributed by atoms with Crippen LogP contribution >= 0.6 is 12.2 Å². The number of nitrogens with zero attached hydrogens (tertiary/aromatic N) is 3. The molecule has 0 aliphatic heterocycles. The molecule has 0 radical (unpaired) electrons. The van der Waals surface area contributed by atoms with Crippen molar-refractivity contribution < 1.29 is 4.74 Å². The Morgan fingerprint density at radius 2 is 2.08 bits per heavy atom. The molecule has 0 fully saturated rings. The molecule has 0 saturated heterocycles. The molecule has 0 atom stereocenters. The van der Waals surface area contributed by atoms with Crippen LogP contribution in [0.2, 0.25) is 0 Å². The monoisotopic (exact) mass is 346 g/mol. The van der Waals surface area contributed by atoms with Crippen molar-refractivity contribution in [3.05, 3.63) is 50.6 Å². The molecule has 128 valence electrons. The number of aromatic amines is 1. The first kappa shape index (κ1) is 18.1. The third kappa shape index (κ3) is 4.17. The summed E-state index contributed by atoms with van der Waals surface area (Å²) in [6, 6.07) is 7.52. The molecule has 2 aromatic rings. The van der Waals surface area contributed by atoms with Gasteiger partial charge in [0.05, 0.1) is 12.8 Å². The van der Waals surface area contributed by atoms with Gasteiger partial charge in [0, 0.05) is 11.0 Å². The Hall–Kier alpha value is -2.28. The normalized spacial score (nSPS) is 11.8. The van der Waals surface area contributed by atoms with Gasteiger partial charge < -0.3 is 4.74 Å². The Morgan fingerprint density at radius 3 is 2.75 bits per heavy atom. The number of para-hydroxylation sites is 1. The zero-order chi connectivity index (χ0) is 17.7. The molecule has 0 bridgehead atoms. The third-order valence-corrected chi connectivity index (χ3v) is 3.52. The number of hydrogen-bond donors (Lipinski definition) is 1. The lowest BCUT2D eigenvalue weighted by Crippen LogP contribution is -2.32. The van der Waals surface area contributed by atoms with Crippen LogP contribution in [-0.2, 0) is 5.41 Å². The van der Waals surface area contributed by atoms with E-state index >= 15 is 0 Å². The van der Waals surface area contributed by atoms with Crippen molar-refractivity contribution in [3.63, 3.8) is 0 Å². The van der Waals surface area contributed by atoms with Gasteiger partial charge in [-0.25, -0.2) is 0 Å². The van der Waals surface area contributed by atoms with Gasteiger partial charge in [-0.15, -0.1) is 0 Å². The number of H-pyrrole nitrogens is 1. The summed E-state index contributed by atoms with van der Waals surface area (Å²) in [7, 11) is 0. The maximum Gasteiger partial charge on any atom is 0.297 e. The molecule has 1 aromatic heterocycles. The molecule has 24 heavy (non-hydrogen) atoms. The molecule has 0 unspecified atom stereocenters. The summed E-state index contributed by atoms with van der Waals surface area (Å²) in [6.07, 6.45) is 2.48. The summed E-state index contributed by atoms with van der Waals surface area (Å²) < 4.78 is 6.99. The molecule has 0 amide bonds. The second kappa shape index (κ2) is 7.53. The van der Waals surface area contributed by atoms with Gasteiger partial charge in [0.25, 0.3) is 5.56 Å². The summed E-state index contributed by atoms with van der Waals surface area (Å²) in [5.74, 6) is 0.719. The van der Waals surface area contributed by atoms with Gasteiger partial charge in [-0.3, -0.25) is 9.89 Å². The summed E-state index contributed by atoms with van der Waals surface area (Å²) in [5, 5.41) is 11.0. The van der Waals surface area contributed by atoms with Gasteiger partial charge in [-0.05, 0) is 30.8 Å². The predicted octanol–water partition coefficient (Wildman–Crippen LogP) is 3.27. The quantitative estimate of drug-likeness (QED) is 0.666. The Kier molecular flexibility index (Phi) is 5.66. The van der Waals surface area contributed by atoms with Crippen LogP contribution in [0.5, 0.6) is 5.75 Å². The SMILES string of the molecule is CCCOc1ccccc1/C=N\n1c(=S)[nH]nc(C(C)(C)C)c1=O. The van der Waals surface area contributed by atoms with E-state index in [2.05, 4.69) is 15.3 Å². The standard InChI is InChI=1S/C17H22N4O2S/c1-5-10-23-13-9-7-6-8-12(13)11-18-21-15(22)14(17(2,3)4)19-20-16(21)24/h6-9,11H,5,10H2,1-4H3,(H,20,24)/b18-11-. The molecule has 1 heterocycles. The van der Waals surface area contributed by atoms with E-state index in [1.165, 1.54) is 0 Å². The molecular weight excluding hydrogens is 324 g/mol. The van der Waals surface area contributed by atoms with E-state index in [1.807, 2.05) is 52.0 Å². The van der Waals surface area contributed by atoms with Crippen LogP contribution in [0, 0.1) is 4.77 Å². The first-order valence-corrected chi connectivity index (χ1v) is 8.24. The highest BCUT2D eigenvalue weighted by Crippen LogP contribution is 2.17. The molecule has 6 nitrogen and oxygen atoms in total. The maximum absolute atomic E-state index is 12.6. The van der Waals surface area contributed by atoms with E-state index in [0.717, 1.165) is 22.4 Å². The lowest BCUT2D eigenvalue weighted by molar-refractivity contribution is 0.317. The maximum atomic E-state index is 12.6. The molecule has 0 aliphatic rings. The fraction of sp³-hybridized carbons (Fsp3) is 0.412. The van der Waals surface area contributed by atoms with E-state index in [1.54, 1.807) is 6.21 Å². The van der Waals surface area contributed by atoms with Crippen LogP contribution < -0.4 is 10.3 Å². The summed E-state index contributed by atoms with van der Waals surface area (Å²) in [6.45, 7) is 8.40. The van der Waals surface area contributed by atoms with Gasteiger partial charge in [0.15, 0.2) is 0 Å². The van der Waals surface area contributed by atoms with Crippen molar-refractivity contribution in [3.8, 4) is 5.75 Å². The van der Waals surface area contributed by atoms with E-state index < -0.39 is 5.41 Å². The van der Waals surface area contributed by atoms with E-state index in [0.29, 0.717) is 12.3 Å². The van der Waals surface area contributed by atoms with Crippen LogP contribution in [0.3, 0.4) is 0 Å². The minimum absolute atomic E-state index is 0.149. The van der Waals surface area contributed by atoms with Gasteiger partial charge >= 0.3 is 0 Å². The van der Waals surface area contributed by atoms with Crippen molar-refractivity contribution in [1.29, 1.82) is 0 Å². The number of ether oxygens (including phenoxy) is 1. The highest BCUT2D eigenvalue weighted by Gasteiger charge is 2.21. The molecule has 0 spiro atoms. The van der Waals surface area contributed by atoms with Crippen molar-refractivity contribution >= 4 is 18.4 Å². The second-order valence-electron chi connectivity index (χ2n) is 6.38. The second-order valence-corrected chi connectivity index (χ2v) is 6.76. The van der Waals surface area contributed by atoms with Crippen molar-refractivity contribution in [2.75, 3.05) is 6.61 Å². The Balaban J connectivity index is 2.44. The molecule has 1 aromatic carbocycles. The van der Waals surface area contributed by atoms with Crippen LogP contribution in [0.1, 0.15) is 45.4 Å². The zero-order valence-electron chi connectivity index (χ0n) is 14.4. The third-order valence-electron chi connectivity index (χ3n) is 3.25. The van der Waals surface area contributed by atoms with Gasteiger partial charge in [0.2, 0.25) is 4.77 Å². The molecule has 0 saturated carbocycles. The largest absolute Gasteiger partial charge is 0.493 e. The van der Waals surface area contributed by atoms with Crippen LogP contribution in [0.25, 0.3) is 0 Å². The molecule has 7 heteroatoms. The zero-order valence-corrected chi connectivity index (χ0v) is 15.2. The predicted molar refractivity (Wildman–Crippen MR) is 97.6 cm³/mol. The fourth-order valence-corrected chi connectivity index (χ4v) is 2.21. The van der Waals surface area contributed by atoms with Crippen molar-refractivity contribution in [2.45, 2.75) is 39.5 Å². The Bertz CT molecular complexity index is 847. The van der Waals surface area contributed by atoms with Gasteiger partial charge in [-0.1, -0.05) is 39.8 Å². The van der Waals surface area contributed by atoms with Crippen molar-refractivity contribution in [1.82, 2.24) is 14.9 Å². The number of rotatable bonds is 5. The highest BCUT2D eigenvalue weighted by atomic mass is 32.1. The van der Waals surface area contributed by atoms with E-state index in [-0.39, 0.29) is 10.3 Å². The molecule has 0 aliphatic carbocycles. The lowest BCUT2D eigenvalue weighted by Gasteiger charge is -2.16. The average molecular weight is 346 g/mol. The molecule has 2 rings (SSSR count). The first-order valence-electron chi connectivity index (χ1n) is 7.83. The topological polar surface area (TPSA) is 72.3 Å². The van der Waals surface area contributed by atoms with Gasteiger partial charge in [0.1, 0.15) is 11.4 Å². The average Bonchev–Trinajstić information content (AvgIpc) is 2.52. The number of aromatic nitrogens is 3. The van der Waals surface area contributed by atoms with Crippen LogP contribution in [0.15, 0.2) is 34.2 Å². The number of nitrogens with one attached hydrogen (secondary N) is 1. The lowest BCUT2D eigenvalue weighted by atomic mass is 9.93. The highest BCUT2D eigenvalue weighted by molar-refractivity contribution is 7.71. The number of benzene rings is 1. The molecule has 1 N–H and O–H groups in total. The Labute approximate surface area is 146 Å². The minimum Gasteiger partial charge on any atom is -0.493 e. The minimum atomic E-state index is -0.407. The fourth-order valence-electron chi connectivity index (χ4n) is 2.04. The van der Waals surface area contributed by atoms with E-state index in [9.17, 15) is 4.79 Å². The molecular formula is C17H22N4O2S. The van der Waals surface area contributed by atoms with Gasteiger partial charge in [-0.2, -0.15) is 14.9 Å². The van der Waals surface area contributed by atoms with Crippen LogP contribution in [-0.4, -0.2) is 27.7 Å². The van der Waals surface area contributed by atoms with E-state index in [4.69, 9.17) is 17.0 Å². The Morgan fingerprint density at radius 1 is 1.38 bits per heavy atom. The number of hydrogen-bond acceptors (Lipinski definition) is 5. The summed E-state index contributed by atoms with van der Waals surface area (Å²) in [4.78, 5) is 12.6. The smallest absolute Gasteiger partial charge is 0.297 e.